The molecule has 0 aromatic heterocycles. The second kappa shape index (κ2) is 28.3. The van der Waals surface area contributed by atoms with Crippen molar-refractivity contribution in [2.45, 2.75) is 143 Å². The minimum atomic E-state index is -0.967. The van der Waals surface area contributed by atoms with Gasteiger partial charge in [0.05, 0.1) is 82.2 Å². The number of amides is 5. The highest BCUT2D eigenvalue weighted by atomic mass is 35.5. The number of carbonyl (C=O) groups is 5. The van der Waals surface area contributed by atoms with Crippen molar-refractivity contribution >= 4 is 41.3 Å². The van der Waals surface area contributed by atoms with Crippen LogP contribution in [-0.4, -0.2) is 161 Å². The molecular weight excluding hydrogens is 1060 g/mol. The lowest BCUT2D eigenvalue weighted by Crippen LogP contribution is -2.74. The number of benzene rings is 3. The summed E-state index contributed by atoms with van der Waals surface area (Å²) >= 11 is 6.24. The Bertz CT molecular complexity index is 2650. The van der Waals surface area contributed by atoms with Crippen molar-refractivity contribution in [3.8, 4) is 17.6 Å². The molecule has 3 aliphatic rings. The van der Waals surface area contributed by atoms with E-state index in [1.54, 1.807) is 75.1 Å². The zero-order valence-electron chi connectivity index (χ0n) is 49.3. The molecule has 3 aromatic rings. The smallest absolute Gasteiger partial charge is 0.410 e. The van der Waals surface area contributed by atoms with Gasteiger partial charge < -0.3 is 58.7 Å². The molecule has 3 N–H and O–H groups in total. The number of hydrogen-bond acceptors (Lipinski definition) is 14. The molecule has 20 heteroatoms. The van der Waals surface area contributed by atoms with Gasteiger partial charge in [0.1, 0.15) is 54.0 Å². The zero-order valence-corrected chi connectivity index (χ0v) is 50.1. The van der Waals surface area contributed by atoms with Crippen LogP contribution in [0.4, 0.5) is 4.79 Å². The van der Waals surface area contributed by atoms with E-state index in [0.29, 0.717) is 120 Å². The fourth-order valence-corrected chi connectivity index (χ4v) is 11.1. The average Bonchev–Trinajstić information content (AvgIpc) is 4.15. The number of carbonyl (C=O) groups excluding carboxylic acids is 5. The quantitative estimate of drug-likeness (QED) is 0.0619. The van der Waals surface area contributed by atoms with Gasteiger partial charge in [0.2, 0.25) is 17.7 Å². The first-order valence-corrected chi connectivity index (χ1v) is 28.4. The third-order valence-corrected chi connectivity index (χ3v) is 15.4. The van der Waals surface area contributed by atoms with E-state index >= 15 is 0 Å². The number of rotatable bonds is 27. The lowest BCUT2D eigenvalue weighted by atomic mass is 9.49. The topological polar surface area (TPSA) is 226 Å². The standard InChI is InChI=1S/C61H85ClN6O13/c1-39(67(12)57(73)81-59(5,6)7)51(69)65-50(58(2,3)4)54(72)68-25-15-18-47(68)53(71)64-49-45-17-14-13-16-41(45)36-48(49)79-35-33-77-31-29-75-27-26-74-28-30-76-32-34-78-43-22-19-40(20-23-43)52(70)66-55-60(8,9)56(61(55,10)11)80-44-24-21-42(38-63)46(62)37-44/h13-14,16-17,19-24,37,39,47-50,55-56H,15,18,25-36H2,1-12H3,(H,64,71)(H,65,69)(H,66,70)/t39-,47?,48+,49-,50?,55?,56?/m0/s1. The van der Waals surface area contributed by atoms with Crippen LogP contribution < -0.4 is 25.4 Å². The summed E-state index contributed by atoms with van der Waals surface area (Å²) in [5, 5.41) is 18.9. The van der Waals surface area contributed by atoms with E-state index in [-0.39, 0.29) is 46.8 Å². The van der Waals surface area contributed by atoms with Gasteiger partial charge >= 0.3 is 6.09 Å². The highest BCUT2D eigenvalue weighted by Gasteiger charge is 2.64. The molecule has 0 radical (unpaired) electrons. The zero-order chi connectivity index (χ0) is 59.3. The Hall–Kier alpha value is -6.01. The Morgan fingerprint density at radius 3 is 1.95 bits per heavy atom. The van der Waals surface area contributed by atoms with Crippen molar-refractivity contribution in [3.63, 3.8) is 0 Å². The second-order valence-corrected chi connectivity index (χ2v) is 24.6. The molecule has 5 atom stereocenters. The first kappa shape index (κ1) is 64.2. The third-order valence-electron chi connectivity index (χ3n) is 15.1. The van der Waals surface area contributed by atoms with Gasteiger partial charge in [-0.05, 0) is 93.5 Å². The van der Waals surface area contributed by atoms with Crippen molar-refractivity contribution in [2.24, 2.45) is 16.2 Å². The van der Waals surface area contributed by atoms with Gasteiger partial charge in [-0.2, -0.15) is 5.26 Å². The predicted molar refractivity (Wildman–Crippen MR) is 305 cm³/mol. The number of nitrogens with zero attached hydrogens (tertiary/aromatic N) is 3. The van der Waals surface area contributed by atoms with Crippen LogP contribution in [0.3, 0.4) is 0 Å². The maximum Gasteiger partial charge on any atom is 0.410 e. The first-order valence-electron chi connectivity index (χ1n) is 28.0. The normalized spacial score (nSPS) is 20.6. The van der Waals surface area contributed by atoms with Crippen molar-refractivity contribution in [2.75, 3.05) is 79.7 Å². The van der Waals surface area contributed by atoms with E-state index in [4.69, 9.17) is 49.5 Å². The summed E-state index contributed by atoms with van der Waals surface area (Å²) in [5.41, 5.74) is 0.703. The number of likely N-dealkylation sites (tertiary alicyclic amines) is 1. The first-order chi connectivity index (χ1) is 38.2. The Morgan fingerprint density at radius 2 is 1.37 bits per heavy atom. The van der Waals surface area contributed by atoms with E-state index in [2.05, 4.69) is 49.7 Å². The highest BCUT2D eigenvalue weighted by molar-refractivity contribution is 6.31. The van der Waals surface area contributed by atoms with Gasteiger partial charge in [-0.15, -0.1) is 0 Å². The van der Waals surface area contributed by atoms with Gasteiger partial charge in [0, 0.05) is 48.5 Å². The number of halogens is 1. The Morgan fingerprint density at radius 1 is 0.790 bits per heavy atom. The summed E-state index contributed by atoms with van der Waals surface area (Å²) in [6.45, 7) is 24.6. The number of nitriles is 1. The maximum atomic E-state index is 14.3. The van der Waals surface area contributed by atoms with E-state index < -0.39 is 47.2 Å². The fourth-order valence-electron chi connectivity index (χ4n) is 10.9. The number of hydrogen-bond donors (Lipinski definition) is 3. The number of fused-ring (bicyclic) bond motifs is 1. The molecule has 2 aliphatic carbocycles. The molecular formula is C61H85ClN6O13. The van der Waals surface area contributed by atoms with Gasteiger partial charge in [0.25, 0.3) is 5.91 Å². The van der Waals surface area contributed by atoms with Crippen molar-refractivity contribution < 1.29 is 61.9 Å². The molecule has 6 rings (SSSR count). The number of nitrogens with one attached hydrogen (secondary N) is 3. The number of ether oxygens (including phenoxy) is 8. The largest absolute Gasteiger partial charge is 0.491 e. The second-order valence-electron chi connectivity index (χ2n) is 24.2. The molecule has 19 nitrogen and oxygen atoms in total. The summed E-state index contributed by atoms with van der Waals surface area (Å²) in [4.78, 5) is 70.8. The van der Waals surface area contributed by atoms with E-state index in [1.165, 1.54) is 11.9 Å². The minimum absolute atomic E-state index is 0.166. The van der Waals surface area contributed by atoms with Crippen LogP contribution in [-0.2, 0) is 49.2 Å². The molecule has 1 saturated carbocycles. The van der Waals surface area contributed by atoms with E-state index in [1.807, 2.05) is 45.0 Å². The van der Waals surface area contributed by atoms with Crippen molar-refractivity contribution in [1.82, 2.24) is 25.8 Å². The Labute approximate surface area is 483 Å². The lowest BCUT2D eigenvalue weighted by Gasteiger charge is -2.63. The van der Waals surface area contributed by atoms with Crippen LogP contribution >= 0.6 is 11.6 Å². The monoisotopic (exact) mass is 1140 g/mol. The van der Waals surface area contributed by atoms with E-state index in [0.717, 1.165) is 11.1 Å². The SMILES string of the molecule is C[C@@H](C(=O)NC(C(=O)N1CCCC1C(=O)N[C@H]1c2ccccc2C[C@H]1OCCOCCOCCOCCOCCOc1ccc(C(=O)NC2C(C)(C)C(Oc3ccc(C#N)c(Cl)c3)C2(C)C)cc1)C(C)(C)C)N(C)C(=O)OC(C)(C)C. The molecule has 2 fully saturated rings. The summed E-state index contributed by atoms with van der Waals surface area (Å²) < 4.78 is 46.7. The molecule has 0 spiro atoms. The van der Waals surface area contributed by atoms with Crippen LogP contribution in [0.1, 0.15) is 122 Å². The van der Waals surface area contributed by atoms with Crippen LogP contribution in [0.2, 0.25) is 5.02 Å². The lowest BCUT2D eigenvalue weighted by molar-refractivity contribution is -0.164. The molecule has 3 aromatic carbocycles. The van der Waals surface area contributed by atoms with Gasteiger partial charge in [-0.25, -0.2) is 4.79 Å². The summed E-state index contributed by atoms with van der Waals surface area (Å²) in [5.74, 6) is -0.157. The number of likely N-dealkylation sites (N-methyl/N-ethyl adjacent to an activating group) is 1. The third kappa shape index (κ3) is 17.0. The van der Waals surface area contributed by atoms with Crippen molar-refractivity contribution in [1.29, 1.82) is 5.26 Å². The summed E-state index contributed by atoms with van der Waals surface area (Å²) in [6, 6.07) is 18.7. The molecule has 2 unspecified atom stereocenters. The fraction of sp³-hybridized carbons (Fsp3) is 0.607. The highest BCUT2D eigenvalue weighted by Crippen LogP contribution is 2.55. The molecule has 0 bridgehead atoms. The van der Waals surface area contributed by atoms with Gasteiger partial charge in [-0.3, -0.25) is 24.1 Å². The van der Waals surface area contributed by atoms with E-state index in [9.17, 15) is 29.2 Å². The van der Waals surface area contributed by atoms with Gasteiger partial charge in [0.15, 0.2) is 0 Å². The predicted octanol–water partition coefficient (Wildman–Crippen LogP) is 7.84. The minimum Gasteiger partial charge on any atom is -0.491 e. The summed E-state index contributed by atoms with van der Waals surface area (Å²) in [7, 11) is 1.48. The summed E-state index contributed by atoms with van der Waals surface area (Å²) in [6.07, 6.45) is 0.474. The maximum absolute atomic E-state index is 14.3. The van der Waals surface area contributed by atoms with Gasteiger partial charge in [-0.1, -0.05) is 84.3 Å². The van der Waals surface area contributed by atoms with Crippen LogP contribution in [0.5, 0.6) is 11.5 Å². The Kier molecular flexibility index (Phi) is 22.4. The molecule has 444 valence electrons. The average molecular weight is 1150 g/mol. The van der Waals surface area contributed by atoms with Crippen molar-refractivity contribution in [3.05, 3.63) is 94.0 Å². The van der Waals surface area contributed by atoms with Crippen LogP contribution in [0, 0.1) is 27.6 Å². The molecule has 5 amide bonds. The van der Waals surface area contributed by atoms with Crippen LogP contribution in [0.25, 0.3) is 0 Å². The Balaban J connectivity index is 0.818. The molecule has 1 saturated heterocycles. The molecule has 1 aliphatic heterocycles. The molecule has 81 heavy (non-hydrogen) atoms. The molecule has 1 heterocycles. The van der Waals surface area contributed by atoms with Crippen LogP contribution in [0.15, 0.2) is 66.7 Å².